The van der Waals surface area contributed by atoms with E-state index >= 15 is 0 Å². The van der Waals surface area contributed by atoms with E-state index in [1.165, 1.54) is 0 Å². The standard InChI is InChI=1S/C13H20N6/c1-10(2)6-7-15-13(14)16-9-12-18-17-11-5-3-4-8-19(11)12/h3-5,8,10H,6-7,9H2,1-2H3,(H3,14,15,16). The molecule has 0 atom stereocenters. The molecule has 0 aliphatic carbocycles. The first-order chi connectivity index (χ1) is 9.16. The van der Waals surface area contributed by atoms with Gasteiger partial charge < -0.3 is 11.1 Å². The van der Waals surface area contributed by atoms with Gasteiger partial charge in [-0.1, -0.05) is 19.9 Å². The Kier molecular flexibility index (Phi) is 4.33. The van der Waals surface area contributed by atoms with Gasteiger partial charge in [-0.25, -0.2) is 4.99 Å². The Balaban J connectivity index is 1.94. The van der Waals surface area contributed by atoms with Crippen LogP contribution in [0.2, 0.25) is 0 Å². The van der Waals surface area contributed by atoms with Crippen LogP contribution in [-0.2, 0) is 6.54 Å². The minimum Gasteiger partial charge on any atom is -0.370 e. The van der Waals surface area contributed by atoms with Gasteiger partial charge in [-0.05, 0) is 24.5 Å². The molecule has 102 valence electrons. The van der Waals surface area contributed by atoms with Crippen molar-refractivity contribution in [2.45, 2.75) is 26.8 Å². The third-order valence-corrected chi connectivity index (χ3v) is 2.80. The lowest BCUT2D eigenvalue weighted by Gasteiger charge is -2.07. The van der Waals surface area contributed by atoms with Gasteiger partial charge in [-0.3, -0.25) is 4.40 Å². The summed E-state index contributed by atoms with van der Waals surface area (Å²) in [5.41, 5.74) is 6.62. The average Bonchev–Trinajstić information content (AvgIpc) is 2.79. The normalized spacial score (nSPS) is 12.3. The summed E-state index contributed by atoms with van der Waals surface area (Å²) in [5.74, 6) is 1.89. The van der Waals surface area contributed by atoms with Crippen molar-refractivity contribution in [3.63, 3.8) is 0 Å². The van der Waals surface area contributed by atoms with E-state index in [2.05, 4.69) is 34.4 Å². The Morgan fingerprint density at radius 1 is 1.42 bits per heavy atom. The summed E-state index contributed by atoms with van der Waals surface area (Å²) in [6, 6.07) is 5.77. The number of aromatic nitrogens is 3. The van der Waals surface area contributed by atoms with E-state index in [1.807, 2.05) is 28.8 Å². The molecule has 6 heteroatoms. The molecule has 0 spiro atoms. The number of guanidine groups is 1. The van der Waals surface area contributed by atoms with Gasteiger partial charge in [0, 0.05) is 12.7 Å². The predicted molar refractivity (Wildman–Crippen MR) is 75.8 cm³/mol. The topological polar surface area (TPSA) is 80.6 Å². The number of aliphatic imine (C=N–C) groups is 1. The molecule has 3 N–H and O–H groups in total. The number of nitrogens with one attached hydrogen (secondary N) is 1. The zero-order chi connectivity index (χ0) is 13.7. The molecule has 0 amide bonds. The molecule has 2 heterocycles. The Labute approximate surface area is 112 Å². The maximum Gasteiger partial charge on any atom is 0.189 e. The number of rotatable bonds is 5. The summed E-state index contributed by atoms with van der Waals surface area (Å²) in [6.45, 7) is 5.62. The summed E-state index contributed by atoms with van der Waals surface area (Å²) < 4.78 is 1.91. The van der Waals surface area contributed by atoms with Crippen LogP contribution in [0.3, 0.4) is 0 Å². The van der Waals surface area contributed by atoms with Gasteiger partial charge in [0.25, 0.3) is 0 Å². The Hall–Kier alpha value is -2.11. The Morgan fingerprint density at radius 3 is 3.05 bits per heavy atom. The van der Waals surface area contributed by atoms with Crippen molar-refractivity contribution in [2.75, 3.05) is 6.54 Å². The fourth-order valence-corrected chi connectivity index (χ4v) is 1.70. The molecule has 0 aliphatic rings. The van der Waals surface area contributed by atoms with Crippen molar-refractivity contribution in [2.24, 2.45) is 16.6 Å². The van der Waals surface area contributed by atoms with Gasteiger partial charge in [-0.15, -0.1) is 10.2 Å². The van der Waals surface area contributed by atoms with Crippen LogP contribution >= 0.6 is 0 Å². The minimum absolute atomic E-state index is 0.422. The molecule has 0 saturated heterocycles. The highest BCUT2D eigenvalue weighted by Gasteiger charge is 2.03. The van der Waals surface area contributed by atoms with Gasteiger partial charge in [0.2, 0.25) is 0 Å². The highest BCUT2D eigenvalue weighted by atomic mass is 15.3. The SMILES string of the molecule is CC(C)CCNC(N)=NCc1nnc2ccccn12. The second-order valence-corrected chi connectivity index (χ2v) is 4.86. The minimum atomic E-state index is 0.422. The lowest BCUT2D eigenvalue weighted by Crippen LogP contribution is -2.33. The van der Waals surface area contributed by atoms with E-state index < -0.39 is 0 Å². The number of hydrogen-bond donors (Lipinski definition) is 2. The number of fused-ring (bicyclic) bond motifs is 1. The van der Waals surface area contributed by atoms with Crippen LogP contribution in [0.25, 0.3) is 5.65 Å². The first kappa shape index (κ1) is 13.3. The molecule has 0 aromatic carbocycles. The van der Waals surface area contributed by atoms with Crippen molar-refractivity contribution >= 4 is 11.6 Å². The van der Waals surface area contributed by atoms with Crippen molar-refractivity contribution in [3.8, 4) is 0 Å². The largest absolute Gasteiger partial charge is 0.370 e. The van der Waals surface area contributed by atoms with Crippen LogP contribution in [0, 0.1) is 5.92 Å². The molecule has 2 rings (SSSR count). The number of nitrogens with zero attached hydrogens (tertiary/aromatic N) is 4. The second-order valence-electron chi connectivity index (χ2n) is 4.86. The predicted octanol–water partition coefficient (Wildman–Crippen LogP) is 1.18. The van der Waals surface area contributed by atoms with Crippen LogP contribution in [0.5, 0.6) is 0 Å². The summed E-state index contributed by atoms with van der Waals surface area (Å²) in [5, 5.41) is 11.3. The lowest BCUT2D eigenvalue weighted by atomic mass is 10.1. The molecule has 0 bridgehead atoms. The maximum atomic E-state index is 5.80. The highest BCUT2D eigenvalue weighted by Crippen LogP contribution is 2.03. The summed E-state index contributed by atoms with van der Waals surface area (Å²) in [6.07, 6.45) is 2.99. The molecule has 19 heavy (non-hydrogen) atoms. The third kappa shape index (κ3) is 3.67. The number of hydrogen-bond acceptors (Lipinski definition) is 3. The molecule has 0 aliphatic heterocycles. The first-order valence-corrected chi connectivity index (χ1v) is 6.49. The van der Waals surface area contributed by atoms with Crippen molar-refractivity contribution in [3.05, 3.63) is 30.2 Å². The van der Waals surface area contributed by atoms with Crippen LogP contribution in [-0.4, -0.2) is 27.1 Å². The zero-order valence-electron chi connectivity index (χ0n) is 11.4. The Morgan fingerprint density at radius 2 is 2.26 bits per heavy atom. The van der Waals surface area contributed by atoms with E-state index in [9.17, 15) is 0 Å². The third-order valence-electron chi connectivity index (χ3n) is 2.80. The molecule has 6 nitrogen and oxygen atoms in total. The van der Waals surface area contributed by atoms with Crippen LogP contribution in [0.4, 0.5) is 0 Å². The van der Waals surface area contributed by atoms with Gasteiger partial charge >= 0.3 is 0 Å². The molecule has 2 aromatic heterocycles. The maximum absolute atomic E-state index is 5.80. The van der Waals surface area contributed by atoms with Gasteiger partial charge in [0.1, 0.15) is 6.54 Å². The smallest absolute Gasteiger partial charge is 0.189 e. The van der Waals surface area contributed by atoms with Crippen molar-refractivity contribution < 1.29 is 0 Å². The molecule has 0 saturated carbocycles. The molecule has 0 fully saturated rings. The van der Waals surface area contributed by atoms with Crippen LogP contribution in [0.15, 0.2) is 29.4 Å². The van der Waals surface area contributed by atoms with Crippen molar-refractivity contribution in [1.82, 2.24) is 19.9 Å². The monoisotopic (exact) mass is 260 g/mol. The molecule has 2 aromatic rings. The lowest BCUT2D eigenvalue weighted by molar-refractivity contribution is 0.576. The van der Waals surface area contributed by atoms with Gasteiger partial charge in [-0.2, -0.15) is 0 Å². The summed E-state index contributed by atoms with van der Waals surface area (Å²) in [7, 11) is 0. The van der Waals surface area contributed by atoms with Gasteiger partial charge in [0.15, 0.2) is 17.4 Å². The van der Waals surface area contributed by atoms with Gasteiger partial charge in [0.05, 0.1) is 0 Å². The van der Waals surface area contributed by atoms with Crippen LogP contribution < -0.4 is 11.1 Å². The number of pyridine rings is 1. The fourth-order valence-electron chi connectivity index (χ4n) is 1.70. The van der Waals surface area contributed by atoms with E-state index in [0.29, 0.717) is 18.4 Å². The zero-order valence-corrected chi connectivity index (χ0v) is 11.4. The van der Waals surface area contributed by atoms with Crippen LogP contribution in [0.1, 0.15) is 26.1 Å². The van der Waals surface area contributed by atoms with E-state index in [4.69, 9.17) is 5.73 Å². The Bertz CT molecular complexity index is 557. The van der Waals surface area contributed by atoms with E-state index in [1.54, 1.807) is 0 Å². The molecule has 0 radical (unpaired) electrons. The second kappa shape index (κ2) is 6.17. The van der Waals surface area contributed by atoms with E-state index in [0.717, 1.165) is 24.4 Å². The molecule has 0 unspecified atom stereocenters. The molecular weight excluding hydrogens is 240 g/mol. The molecular formula is C13H20N6. The number of nitrogens with two attached hydrogens (primary N) is 1. The quantitative estimate of drug-likeness (QED) is 0.625. The van der Waals surface area contributed by atoms with E-state index in [-0.39, 0.29) is 0 Å². The highest BCUT2D eigenvalue weighted by molar-refractivity contribution is 5.77. The summed E-state index contributed by atoms with van der Waals surface area (Å²) >= 11 is 0. The van der Waals surface area contributed by atoms with Crippen molar-refractivity contribution in [1.29, 1.82) is 0 Å². The average molecular weight is 260 g/mol. The first-order valence-electron chi connectivity index (χ1n) is 6.49. The summed E-state index contributed by atoms with van der Waals surface area (Å²) in [4.78, 5) is 4.27. The fraction of sp³-hybridized carbons (Fsp3) is 0.462.